The van der Waals surface area contributed by atoms with Crippen molar-refractivity contribution < 1.29 is 18.7 Å². The van der Waals surface area contributed by atoms with Gasteiger partial charge in [0.25, 0.3) is 5.91 Å². The highest BCUT2D eigenvalue weighted by molar-refractivity contribution is 8.18. The molecular formula is C25H20ClFN2O3S. The van der Waals surface area contributed by atoms with Gasteiger partial charge in [-0.1, -0.05) is 41.9 Å². The van der Waals surface area contributed by atoms with E-state index < -0.39 is 0 Å². The topological polar surface area (TPSA) is 59.9 Å². The molecule has 1 fully saturated rings. The second kappa shape index (κ2) is 10.6. The normalized spacial score (nSPS) is 15.7. The van der Waals surface area contributed by atoms with Gasteiger partial charge in [-0.25, -0.2) is 9.38 Å². The Morgan fingerprint density at radius 3 is 2.67 bits per heavy atom. The number of ether oxygens (including phenoxy) is 2. The van der Waals surface area contributed by atoms with Crippen LogP contribution in [0.25, 0.3) is 6.08 Å². The smallest absolute Gasteiger partial charge is 0.264 e. The van der Waals surface area contributed by atoms with Gasteiger partial charge in [-0.2, -0.15) is 0 Å². The van der Waals surface area contributed by atoms with Gasteiger partial charge in [0.15, 0.2) is 16.7 Å². The summed E-state index contributed by atoms with van der Waals surface area (Å²) in [7, 11) is 0. The Kier molecular flexibility index (Phi) is 7.32. The van der Waals surface area contributed by atoms with E-state index in [1.807, 2.05) is 37.3 Å². The van der Waals surface area contributed by atoms with Crippen LogP contribution in [0.4, 0.5) is 10.1 Å². The van der Waals surface area contributed by atoms with Gasteiger partial charge in [0.1, 0.15) is 12.4 Å². The first-order valence-corrected chi connectivity index (χ1v) is 11.4. The molecule has 0 aliphatic carbocycles. The van der Waals surface area contributed by atoms with E-state index in [0.29, 0.717) is 44.3 Å². The number of amidine groups is 1. The van der Waals surface area contributed by atoms with Gasteiger partial charge in [-0.3, -0.25) is 4.79 Å². The molecule has 0 unspecified atom stereocenters. The van der Waals surface area contributed by atoms with Crippen molar-refractivity contribution >= 4 is 46.2 Å². The van der Waals surface area contributed by atoms with Crippen LogP contribution in [0.2, 0.25) is 5.02 Å². The van der Waals surface area contributed by atoms with E-state index in [-0.39, 0.29) is 18.3 Å². The Balaban J connectivity index is 1.56. The van der Waals surface area contributed by atoms with Gasteiger partial charge in [0, 0.05) is 0 Å². The first kappa shape index (κ1) is 22.9. The van der Waals surface area contributed by atoms with Crippen molar-refractivity contribution in [3.63, 3.8) is 0 Å². The van der Waals surface area contributed by atoms with Crippen molar-refractivity contribution in [2.75, 3.05) is 6.61 Å². The van der Waals surface area contributed by atoms with Crippen LogP contribution in [0, 0.1) is 5.82 Å². The first-order chi connectivity index (χ1) is 16.0. The largest absolute Gasteiger partial charge is 0.490 e. The Bertz CT molecular complexity index is 1230. The molecule has 1 amide bonds. The molecule has 3 aromatic carbocycles. The maximum Gasteiger partial charge on any atom is 0.264 e. The third-order valence-electron chi connectivity index (χ3n) is 4.54. The Hall–Kier alpha value is -3.29. The van der Waals surface area contributed by atoms with Gasteiger partial charge in [0.05, 0.1) is 22.2 Å². The van der Waals surface area contributed by atoms with Crippen LogP contribution in [-0.4, -0.2) is 17.7 Å². The van der Waals surface area contributed by atoms with Crippen LogP contribution >= 0.6 is 23.4 Å². The number of halogens is 2. The molecule has 0 bridgehead atoms. The van der Waals surface area contributed by atoms with Crippen molar-refractivity contribution in [3.8, 4) is 11.5 Å². The highest BCUT2D eigenvalue weighted by atomic mass is 35.5. The molecule has 1 saturated heterocycles. The fraction of sp³-hybridized carbons (Fsp3) is 0.120. The molecule has 3 aromatic rings. The number of carbonyl (C=O) groups is 1. The van der Waals surface area contributed by atoms with E-state index in [1.54, 1.807) is 30.3 Å². The predicted molar refractivity (Wildman–Crippen MR) is 131 cm³/mol. The monoisotopic (exact) mass is 482 g/mol. The van der Waals surface area contributed by atoms with Crippen molar-refractivity contribution in [1.82, 2.24) is 5.32 Å². The molecule has 1 N–H and O–H groups in total. The number of amides is 1. The summed E-state index contributed by atoms with van der Waals surface area (Å²) >= 11 is 7.73. The third-order valence-corrected chi connectivity index (χ3v) is 5.73. The number of para-hydroxylation sites is 1. The van der Waals surface area contributed by atoms with E-state index in [1.165, 1.54) is 23.9 Å². The molecule has 0 spiro atoms. The summed E-state index contributed by atoms with van der Waals surface area (Å²) < 4.78 is 25.0. The first-order valence-electron chi connectivity index (χ1n) is 10.2. The number of benzene rings is 3. The zero-order valence-corrected chi connectivity index (χ0v) is 19.3. The molecule has 5 nitrogen and oxygen atoms in total. The number of hydrogen-bond donors (Lipinski definition) is 1. The molecule has 1 heterocycles. The molecule has 0 radical (unpaired) electrons. The van der Waals surface area contributed by atoms with E-state index >= 15 is 0 Å². The Morgan fingerprint density at radius 1 is 1.09 bits per heavy atom. The molecule has 0 aromatic heterocycles. The van der Waals surface area contributed by atoms with Crippen LogP contribution in [0.15, 0.2) is 76.6 Å². The molecule has 1 aliphatic heterocycles. The minimum Gasteiger partial charge on any atom is -0.490 e. The third kappa shape index (κ3) is 5.94. The SMILES string of the molecule is CCOc1cc(/C=C2\SC(=Nc3ccccc3)NC2=O)cc(Cl)c1OCc1cccc(F)c1. The lowest BCUT2D eigenvalue weighted by molar-refractivity contribution is -0.115. The van der Waals surface area contributed by atoms with E-state index in [9.17, 15) is 9.18 Å². The lowest BCUT2D eigenvalue weighted by Crippen LogP contribution is -2.19. The average Bonchev–Trinajstić information content (AvgIpc) is 3.12. The minimum absolute atomic E-state index is 0.134. The van der Waals surface area contributed by atoms with Crippen LogP contribution in [-0.2, 0) is 11.4 Å². The highest BCUT2D eigenvalue weighted by Gasteiger charge is 2.24. The van der Waals surface area contributed by atoms with E-state index in [0.717, 1.165) is 5.69 Å². The summed E-state index contributed by atoms with van der Waals surface area (Å²) in [5.41, 5.74) is 2.10. The summed E-state index contributed by atoms with van der Waals surface area (Å²) in [6, 6.07) is 19.0. The number of carbonyl (C=O) groups excluding carboxylic acids is 1. The average molecular weight is 483 g/mol. The number of nitrogens with zero attached hydrogens (tertiary/aromatic N) is 1. The van der Waals surface area contributed by atoms with Crippen molar-refractivity contribution in [1.29, 1.82) is 0 Å². The number of nitrogens with one attached hydrogen (secondary N) is 1. The minimum atomic E-state index is -0.336. The van der Waals surface area contributed by atoms with Crippen LogP contribution in [0.1, 0.15) is 18.1 Å². The second-order valence-corrected chi connectivity index (χ2v) is 8.44. The fourth-order valence-electron chi connectivity index (χ4n) is 3.11. The lowest BCUT2D eigenvalue weighted by atomic mass is 10.1. The van der Waals surface area contributed by atoms with Gasteiger partial charge in [-0.05, 0) is 72.3 Å². The van der Waals surface area contributed by atoms with Gasteiger partial charge < -0.3 is 14.8 Å². The summed E-state index contributed by atoms with van der Waals surface area (Å²) in [5, 5.41) is 3.60. The molecule has 33 heavy (non-hydrogen) atoms. The number of hydrogen-bond acceptors (Lipinski definition) is 5. The number of thioether (sulfide) groups is 1. The fourth-order valence-corrected chi connectivity index (χ4v) is 4.22. The van der Waals surface area contributed by atoms with Gasteiger partial charge in [0.2, 0.25) is 0 Å². The van der Waals surface area contributed by atoms with Crippen molar-refractivity contribution in [2.24, 2.45) is 4.99 Å². The summed E-state index contributed by atoms with van der Waals surface area (Å²) in [5.74, 6) is 0.224. The van der Waals surface area contributed by atoms with Gasteiger partial charge in [-0.15, -0.1) is 0 Å². The van der Waals surface area contributed by atoms with Crippen LogP contribution in [0.5, 0.6) is 11.5 Å². The molecule has 0 atom stereocenters. The molecule has 1 aliphatic rings. The molecule has 4 rings (SSSR count). The molecule has 0 saturated carbocycles. The Labute approximate surface area is 200 Å². The molecule has 8 heteroatoms. The maximum atomic E-state index is 13.4. The molecule has 168 valence electrons. The zero-order chi connectivity index (χ0) is 23.2. The standard InChI is InChI=1S/C25H20ClFN2O3S/c1-2-31-21-13-17(12-20(26)23(21)32-15-16-7-6-8-18(27)11-16)14-22-24(30)29-25(33-22)28-19-9-4-3-5-10-19/h3-14H,2,15H2,1H3,(H,28,29,30)/b22-14-. The lowest BCUT2D eigenvalue weighted by Gasteiger charge is -2.14. The summed E-state index contributed by atoms with van der Waals surface area (Å²) in [6.07, 6.45) is 1.72. The predicted octanol–water partition coefficient (Wildman–Crippen LogP) is 6.35. The van der Waals surface area contributed by atoms with E-state index in [4.69, 9.17) is 21.1 Å². The number of aliphatic imine (C=N–C) groups is 1. The Morgan fingerprint density at radius 2 is 1.91 bits per heavy atom. The number of rotatable bonds is 7. The van der Waals surface area contributed by atoms with Crippen molar-refractivity contribution in [3.05, 3.63) is 93.6 Å². The zero-order valence-electron chi connectivity index (χ0n) is 17.7. The van der Waals surface area contributed by atoms with Crippen LogP contribution < -0.4 is 14.8 Å². The maximum absolute atomic E-state index is 13.4. The van der Waals surface area contributed by atoms with E-state index in [2.05, 4.69) is 10.3 Å². The quantitative estimate of drug-likeness (QED) is 0.399. The summed E-state index contributed by atoms with van der Waals surface area (Å²) in [4.78, 5) is 17.4. The summed E-state index contributed by atoms with van der Waals surface area (Å²) in [6.45, 7) is 2.38. The molecular weight excluding hydrogens is 463 g/mol. The highest BCUT2D eigenvalue weighted by Crippen LogP contribution is 2.39. The second-order valence-electron chi connectivity index (χ2n) is 7.00. The van der Waals surface area contributed by atoms with Crippen LogP contribution in [0.3, 0.4) is 0 Å². The van der Waals surface area contributed by atoms with Crippen molar-refractivity contribution in [2.45, 2.75) is 13.5 Å². The van der Waals surface area contributed by atoms with Gasteiger partial charge >= 0.3 is 0 Å².